The van der Waals surface area contributed by atoms with Crippen molar-refractivity contribution in [3.05, 3.63) is 59.4 Å². The third kappa shape index (κ3) is 6.60. The van der Waals surface area contributed by atoms with E-state index in [-0.39, 0.29) is 22.0 Å². The van der Waals surface area contributed by atoms with Gasteiger partial charge in [0.25, 0.3) is 5.91 Å². The molecule has 6 nitrogen and oxygen atoms in total. The summed E-state index contributed by atoms with van der Waals surface area (Å²) >= 11 is 0. The number of hydrogen-bond acceptors (Lipinski definition) is 5. The third-order valence-corrected chi connectivity index (χ3v) is 5.45. The molecular weight excluding hydrogens is 420 g/mol. The van der Waals surface area contributed by atoms with Crippen LogP contribution < -0.4 is 20.8 Å². The van der Waals surface area contributed by atoms with Gasteiger partial charge in [-0.1, -0.05) is 17.6 Å². The first-order valence-electron chi connectivity index (χ1n) is 9.17. The van der Waals surface area contributed by atoms with Gasteiger partial charge >= 0.3 is 8.03 Å². The Kier molecular flexibility index (Phi) is 8.49. The molecule has 0 aromatic heterocycles. The van der Waals surface area contributed by atoms with E-state index >= 15 is 0 Å². The van der Waals surface area contributed by atoms with Crippen molar-refractivity contribution in [3.63, 3.8) is 0 Å². The molecule has 1 unspecified atom stereocenters. The lowest BCUT2D eigenvalue weighted by Gasteiger charge is -2.31. The molecule has 1 aliphatic heterocycles. The highest BCUT2D eigenvalue weighted by atomic mass is 31.1. The number of carbonyl (C=O) groups is 1. The van der Waals surface area contributed by atoms with E-state index in [4.69, 9.17) is 5.11 Å². The van der Waals surface area contributed by atoms with E-state index in [0.29, 0.717) is 18.7 Å². The van der Waals surface area contributed by atoms with Crippen LogP contribution in [-0.2, 0) is 4.57 Å². The van der Waals surface area contributed by atoms with Crippen molar-refractivity contribution in [1.82, 2.24) is 5.32 Å². The first-order valence-corrected chi connectivity index (χ1v) is 10.3. The summed E-state index contributed by atoms with van der Waals surface area (Å²) in [6, 6.07) is 6.31. The smallest absolute Gasteiger partial charge is 0.348 e. The fraction of sp³-hybridized carbons (Fsp3) is 0.350. The molecule has 1 aliphatic rings. The van der Waals surface area contributed by atoms with Crippen LogP contribution >= 0.6 is 8.03 Å². The highest BCUT2D eigenvalue weighted by Crippen LogP contribution is 2.26. The first kappa shape index (κ1) is 24.0. The van der Waals surface area contributed by atoms with Gasteiger partial charge in [-0.15, -0.1) is 0 Å². The Labute approximate surface area is 173 Å². The van der Waals surface area contributed by atoms with E-state index in [1.165, 1.54) is 18.2 Å². The van der Waals surface area contributed by atoms with Crippen LogP contribution in [0.2, 0.25) is 0 Å². The molecule has 1 amide bonds. The molecule has 30 heavy (non-hydrogen) atoms. The maximum absolute atomic E-state index is 13.0. The Morgan fingerprint density at radius 3 is 2.30 bits per heavy atom. The zero-order valence-electron chi connectivity index (χ0n) is 16.3. The van der Waals surface area contributed by atoms with Crippen LogP contribution in [0.1, 0.15) is 30.1 Å². The SMILES string of the molecule is CC1(CO)CCNCC1.O=C(Nc1cc(F)c(F)c(F)c1)c1cccc([P+](=O)[O-])c1. The fourth-order valence-corrected chi connectivity index (χ4v) is 3.23. The van der Waals surface area contributed by atoms with Crippen molar-refractivity contribution in [2.24, 2.45) is 5.41 Å². The van der Waals surface area contributed by atoms with Crippen molar-refractivity contribution in [2.75, 3.05) is 25.0 Å². The van der Waals surface area contributed by atoms with Gasteiger partial charge < -0.3 is 20.6 Å². The number of carbonyl (C=O) groups excluding carboxylic acids is 1. The van der Waals surface area contributed by atoms with Crippen molar-refractivity contribution < 1.29 is 32.5 Å². The van der Waals surface area contributed by atoms with Gasteiger partial charge in [-0.2, -0.15) is 0 Å². The Balaban J connectivity index is 0.000000297. The Hall–Kier alpha value is -2.32. The van der Waals surface area contributed by atoms with Crippen LogP contribution in [0.5, 0.6) is 0 Å². The number of rotatable bonds is 4. The van der Waals surface area contributed by atoms with Crippen molar-refractivity contribution in [2.45, 2.75) is 19.8 Å². The second-order valence-electron chi connectivity index (χ2n) is 7.23. The quantitative estimate of drug-likeness (QED) is 0.499. The van der Waals surface area contributed by atoms with Gasteiger partial charge in [-0.25, -0.2) is 13.2 Å². The van der Waals surface area contributed by atoms with Crippen LogP contribution in [0.15, 0.2) is 36.4 Å². The van der Waals surface area contributed by atoms with Crippen LogP contribution in [0.4, 0.5) is 18.9 Å². The Bertz CT molecular complexity index is 898. The second kappa shape index (κ2) is 10.6. The third-order valence-electron chi connectivity index (χ3n) is 4.75. The summed E-state index contributed by atoms with van der Waals surface area (Å²) in [6.07, 6.45) is 2.23. The lowest BCUT2D eigenvalue weighted by molar-refractivity contribution is -0.160. The van der Waals surface area contributed by atoms with E-state index < -0.39 is 31.4 Å². The summed E-state index contributed by atoms with van der Waals surface area (Å²) in [5.74, 6) is -5.30. The Morgan fingerprint density at radius 2 is 1.80 bits per heavy atom. The average molecular weight is 442 g/mol. The number of anilines is 1. The predicted molar refractivity (Wildman–Crippen MR) is 105 cm³/mol. The molecule has 0 saturated carbocycles. The number of aliphatic hydroxyl groups excluding tert-OH is 1. The normalized spacial score (nSPS) is 15.6. The van der Waals surface area contributed by atoms with Crippen LogP contribution in [0.25, 0.3) is 0 Å². The van der Waals surface area contributed by atoms with E-state index in [1.807, 2.05) is 0 Å². The molecule has 1 saturated heterocycles. The first-order chi connectivity index (χ1) is 14.1. The summed E-state index contributed by atoms with van der Waals surface area (Å²) in [6.45, 7) is 4.62. The Morgan fingerprint density at radius 1 is 1.20 bits per heavy atom. The predicted octanol–water partition coefficient (Wildman–Crippen LogP) is 2.45. The van der Waals surface area contributed by atoms with Crippen molar-refractivity contribution >= 4 is 24.9 Å². The minimum absolute atomic E-state index is 0.0168. The molecule has 1 atom stereocenters. The summed E-state index contributed by atoms with van der Waals surface area (Å²) in [5.41, 5.74) is -0.0872. The average Bonchev–Trinajstić information content (AvgIpc) is 2.73. The van der Waals surface area contributed by atoms with Crippen LogP contribution in [0.3, 0.4) is 0 Å². The fourth-order valence-electron chi connectivity index (χ4n) is 2.78. The van der Waals surface area contributed by atoms with E-state index in [9.17, 15) is 27.4 Å². The molecule has 10 heteroatoms. The number of aliphatic hydroxyl groups is 1. The molecule has 0 bridgehead atoms. The maximum atomic E-state index is 13.0. The molecule has 1 fully saturated rings. The van der Waals surface area contributed by atoms with E-state index in [0.717, 1.165) is 32.0 Å². The topological polar surface area (TPSA) is 101 Å². The largest absolute Gasteiger partial charge is 0.591 e. The maximum Gasteiger partial charge on any atom is 0.348 e. The van der Waals surface area contributed by atoms with Crippen molar-refractivity contribution in [1.29, 1.82) is 0 Å². The van der Waals surface area contributed by atoms with E-state index in [2.05, 4.69) is 17.6 Å². The number of piperidine rings is 1. The molecule has 1 heterocycles. The number of amides is 1. The van der Waals surface area contributed by atoms with Gasteiger partial charge in [0.2, 0.25) is 0 Å². The monoisotopic (exact) mass is 442 g/mol. The molecule has 0 radical (unpaired) electrons. The summed E-state index contributed by atoms with van der Waals surface area (Å²) in [7, 11) is -2.86. The highest BCUT2D eigenvalue weighted by Gasteiger charge is 2.25. The lowest BCUT2D eigenvalue weighted by atomic mass is 9.82. The number of halogens is 3. The summed E-state index contributed by atoms with van der Waals surface area (Å²) < 4.78 is 49.6. The van der Waals surface area contributed by atoms with Gasteiger partial charge in [-0.3, -0.25) is 4.79 Å². The lowest BCUT2D eigenvalue weighted by Crippen LogP contribution is -2.36. The van der Waals surface area contributed by atoms with Gasteiger partial charge in [0.1, 0.15) is 0 Å². The number of nitrogens with one attached hydrogen (secondary N) is 2. The second-order valence-corrected chi connectivity index (χ2v) is 8.26. The molecule has 2 aromatic rings. The molecule has 3 N–H and O–H groups in total. The zero-order valence-corrected chi connectivity index (χ0v) is 17.1. The molecule has 0 spiro atoms. The molecular formula is C20H22F3N2O4P. The van der Waals surface area contributed by atoms with Crippen LogP contribution in [0, 0.1) is 22.9 Å². The summed E-state index contributed by atoms with van der Waals surface area (Å²) in [4.78, 5) is 22.7. The van der Waals surface area contributed by atoms with Gasteiger partial charge in [0, 0.05) is 36.1 Å². The van der Waals surface area contributed by atoms with Crippen LogP contribution in [-0.4, -0.2) is 30.7 Å². The van der Waals surface area contributed by atoms with Gasteiger partial charge in [-0.05, 0) is 43.5 Å². The number of benzene rings is 2. The van der Waals surface area contributed by atoms with Gasteiger partial charge in [0.15, 0.2) is 22.8 Å². The van der Waals surface area contributed by atoms with E-state index in [1.54, 1.807) is 0 Å². The highest BCUT2D eigenvalue weighted by molar-refractivity contribution is 7.45. The summed E-state index contributed by atoms with van der Waals surface area (Å²) in [5, 5.41) is 14.3. The molecule has 0 aliphatic carbocycles. The van der Waals surface area contributed by atoms with Crippen molar-refractivity contribution in [3.8, 4) is 0 Å². The number of hydrogen-bond donors (Lipinski definition) is 3. The zero-order chi connectivity index (χ0) is 22.3. The minimum Gasteiger partial charge on any atom is -0.591 e. The molecule has 3 rings (SSSR count). The molecule has 162 valence electrons. The van der Waals surface area contributed by atoms with Gasteiger partial charge in [0.05, 0.1) is 0 Å². The standard InChI is InChI=1S/C13H7F3NO3P.C7H15NO/c14-10-5-8(6-11(15)12(10)16)17-13(18)7-2-1-3-9(4-7)21(19)20;1-7(6-9)2-4-8-5-3-7/h1-6H,(H,17,18);8-9H,2-6H2,1H3. The molecule has 2 aromatic carbocycles. The minimum atomic E-state index is -2.86.